The number of aromatic nitrogens is 2. The van der Waals surface area contributed by atoms with Crippen LogP contribution in [0.1, 0.15) is 25.3 Å². The average molecular weight is 355 g/mol. The summed E-state index contributed by atoms with van der Waals surface area (Å²) in [7, 11) is 0. The average Bonchev–Trinajstić information content (AvgIpc) is 3.00. The molecule has 0 saturated carbocycles. The lowest BCUT2D eigenvalue weighted by atomic mass is 10.1. The number of aryl methyl sites for hydroxylation is 1. The molecule has 7 heteroatoms. The van der Waals surface area contributed by atoms with Gasteiger partial charge in [0, 0.05) is 36.3 Å². The van der Waals surface area contributed by atoms with Gasteiger partial charge in [-0.3, -0.25) is 9.78 Å². The highest BCUT2D eigenvalue weighted by molar-refractivity contribution is 7.09. The van der Waals surface area contributed by atoms with E-state index in [0.29, 0.717) is 6.54 Å². The Kier molecular flexibility index (Phi) is 8.16. The molecule has 2 aromatic heterocycles. The number of thiazole rings is 1. The topological polar surface area (TPSA) is 80.9 Å². The van der Waals surface area contributed by atoms with Crippen molar-refractivity contribution in [2.45, 2.75) is 32.7 Å². The summed E-state index contributed by atoms with van der Waals surface area (Å²) in [5.74, 6) is 0.0773. The highest BCUT2D eigenvalue weighted by Crippen LogP contribution is 2.21. The summed E-state index contributed by atoms with van der Waals surface area (Å²) < 4.78 is 0. The minimum atomic E-state index is -0.432. The van der Waals surface area contributed by atoms with Crippen molar-refractivity contribution in [3.8, 4) is 11.3 Å². The van der Waals surface area contributed by atoms with E-state index >= 15 is 0 Å². The van der Waals surface area contributed by atoms with E-state index in [1.807, 2.05) is 26.0 Å². The third kappa shape index (κ3) is 5.89. The normalized spacial score (nSPS) is 11.8. The van der Waals surface area contributed by atoms with E-state index in [0.717, 1.165) is 29.1 Å². The standard InChI is InChI=1S/C16H22N4OS.ClH/c1-11(2)15(17)16(21)19-7-3-4-14-20-13(10-22-14)12-5-8-18-9-6-12;/h5-6,8-11,15H,3-4,7,17H2,1-2H3,(H,19,21);1H/t15-;/m0./s1. The summed E-state index contributed by atoms with van der Waals surface area (Å²) in [6, 6.07) is 3.47. The third-order valence-corrected chi connectivity index (χ3v) is 4.32. The zero-order valence-electron chi connectivity index (χ0n) is 13.4. The number of carbonyl (C=O) groups excluding carboxylic acids is 1. The SMILES string of the molecule is CC(C)[C@H](N)C(=O)NCCCc1nc(-c2ccncc2)cs1.Cl. The molecule has 0 aliphatic heterocycles. The van der Waals surface area contributed by atoms with Crippen LogP contribution >= 0.6 is 23.7 Å². The van der Waals surface area contributed by atoms with Crippen LogP contribution in [-0.4, -0.2) is 28.5 Å². The van der Waals surface area contributed by atoms with Gasteiger partial charge in [-0.2, -0.15) is 0 Å². The van der Waals surface area contributed by atoms with Crippen molar-refractivity contribution in [3.05, 3.63) is 34.9 Å². The Labute approximate surface area is 147 Å². The molecule has 0 bridgehead atoms. The number of halogens is 1. The Morgan fingerprint density at radius 2 is 2.04 bits per heavy atom. The van der Waals surface area contributed by atoms with Crippen LogP contribution in [0.2, 0.25) is 0 Å². The number of pyridine rings is 1. The number of hydrogen-bond acceptors (Lipinski definition) is 5. The van der Waals surface area contributed by atoms with Crippen molar-refractivity contribution in [2.24, 2.45) is 11.7 Å². The first-order valence-electron chi connectivity index (χ1n) is 7.46. The lowest BCUT2D eigenvalue weighted by molar-refractivity contribution is -0.123. The molecule has 0 aromatic carbocycles. The van der Waals surface area contributed by atoms with Crippen molar-refractivity contribution in [1.29, 1.82) is 0 Å². The van der Waals surface area contributed by atoms with E-state index in [9.17, 15) is 4.79 Å². The maximum absolute atomic E-state index is 11.7. The second-order valence-corrected chi connectivity index (χ2v) is 6.47. The van der Waals surface area contributed by atoms with Crippen molar-refractivity contribution in [1.82, 2.24) is 15.3 Å². The number of amides is 1. The van der Waals surface area contributed by atoms with Gasteiger partial charge >= 0.3 is 0 Å². The minimum Gasteiger partial charge on any atom is -0.355 e. The molecule has 0 spiro atoms. The molecule has 5 nitrogen and oxygen atoms in total. The Bertz CT molecular complexity index is 603. The number of carbonyl (C=O) groups is 1. The fraction of sp³-hybridized carbons (Fsp3) is 0.438. The zero-order chi connectivity index (χ0) is 15.9. The van der Waals surface area contributed by atoms with Crippen molar-refractivity contribution < 1.29 is 4.79 Å². The highest BCUT2D eigenvalue weighted by atomic mass is 35.5. The molecule has 0 saturated heterocycles. The molecule has 0 aliphatic carbocycles. The number of nitrogens with zero attached hydrogens (tertiary/aromatic N) is 2. The van der Waals surface area contributed by atoms with Crippen molar-refractivity contribution in [3.63, 3.8) is 0 Å². The highest BCUT2D eigenvalue weighted by Gasteiger charge is 2.16. The fourth-order valence-electron chi connectivity index (χ4n) is 1.95. The van der Waals surface area contributed by atoms with Crippen LogP contribution in [0.25, 0.3) is 11.3 Å². The lowest BCUT2D eigenvalue weighted by Crippen LogP contribution is -2.44. The van der Waals surface area contributed by atoms with Gasteiger partial charge in [-0.15, -0.1) is 23.7 Å². The smallest absolute Gasteiger partial charge is 0.237 e. The maximum atomic E-state index is 11.7. The molecular weight excluding hydrogens is 332 g/mol. The molecule has 23 heavy (non-hydrogen) atoms. The molecule has 0 unspecified atom stereocenters. The summed E-state index contributed by atoms with van der Waals surface area (Å²) in [4.78, 5) is 20.4. The van der Waals surface area contributed by atoms with E-state index in [4.69, 9.17) is 5.73 Å². The molecule has 2 heterocycles. The first kappa shape index (κ1) is 19.5. The van der Waals surface area contributed by atoms with Gasteiger partial charge in [0.05, 0.1) is 16.7 Å². The molecule has 3 N–H and O–H groups in total. The molecule has 0 aliphatic rings. The van der Waals surface area contributed by atoms with Crippen LogP contribution in [0.5, 0.6) is 0 Å². The van der Waals surface area contributed by atoms with Gasteiger partial charge in [0.25, 0.3) is 0 Å². The summed E-state index contributed by atoms with van der Waals surface area (Å²) in [5, 5.41) is 6.01. The Hall–Kier alpha value is -1.50. The van der Waals surface area contributed by atoms with E-state index in [2.05, 4.69) is 20.7 Å². The molecule has 0 radical (unpaired) electrons. The van der Waals surface area contributed by atoms with E-state index in [1.165, 1.54) is 0 Å². The Morgan fingerprint density at radius 1 is 1.35 bits per heavy atom. The number of rotatable bonds is 7. The summed E-state index contributed by atoms with van der Waals surface area (Å²) >= 11 is 1.65. The van der Waals surface area contributed by atoms with Crippen LogP contribution < -0.4 is 11.1 Å². The first-order chi connectivity index (χ1) is 10.6. The predicted molar refractivity (Wildman–Crippen MR) is 96.7 cm³/mol. The Balaban J connectivity index is 0.00000264. The van der Waals surface area contributed by atoms with Crippen molar-refractivity contribution in [2.75, 3.05) is 6.54 Å². The summed E-state index contributed by atoms with van der Waals surface area (Å²) in [6.45, 7) is 4.52. The van der Waals surface area contributed by atoms with Crippen LogP contribution in [0, 0.1) is 5.92 Å². The van der Waals surface area contributed by atoms with Crippen molar-refractivity contribution >= 4 is 29.7 Å². The van der Waals surface area contributed by atoms with Gasteiger partial charge in [-0.25, -0.2) is 4.98 Å². The number of nitrogens with two attached hydrogens (primary N) is 1. The Morgan fingerprint density at radius 3 is 2.70 bits per heavy atom. The van der Waals surface area contributed by atoms with Gasteiger partial charge in [-0.05, 0) is 24.5 Å². The van der Waals surface area contributed by atoms with E-state index in [1.54, 1.807) is 23.7 Å². The van der Waals surface area contributed by atoms with Crippen LogP contribution in [0.15, 0.2) is 29.9 Å². The molecule has 0 fully saturated rings. The number of hydrogen-bond donors (Lipinski definition) is 2. The second-order valence-electron chi connectivity index (χ2n) is 5.53. The molecule has 2 rings (SSSR count). The molecule has 2 aromatic rings. The molecular formula is C16H23ClN4OS. The molecule has 1 amide bonds. The van der Waals surface area contributed by atoms with Crippen LogP contribution in [0.3, 0.4) is 0 Å². The largest absolute Gasteiger partial charge is 0.355 e. The van der Waals surface area contributed by atoms with E-state index in [-0.39, 0.29) is 24.2 Å². The number of nitrogens with one attached hydrogen (secondary N) is 1. The summed E-state index contributed by atoms with van der Waals surface area (Å²) in [6.07, 6.45) is 5.25. The second kappa shape index (κ2) is 9.60. The van der Waals surface area contributed by atoms with Crippen LogP contribution in [0.4, 0.5) is 0 Å². The predicted octanol–water partition coefficient (Wildman–Crippen LogP) is 2.66. The van der Waals surface area contributed by atoms with Gasteiger partial charge in [-0.1, -0.05) is 13.8 Å². The van der Waals surface area contributed by atoms with Gasteiger partial charge in [0.1, 0.15) is 0 Å². The maximum Gasteiger partial charge on any atom is 0.237 e. The molecule has 1 atom stereocenters. The van der Waals surface area contributed by atoms with Gasteiger partial charge < -0.3 is 11.1 Å². The summed E-state index contributed by atoms with van der Waals surface area (Å²) in [5.41, 5.74) is 7.85. The minimum absolute atomic E-state index is 0. The molecule has 126 valence electrons. The quantitative estimate of drug-likeness (QED) is 0.749. The monoisotopic (exact) mass is 354 g/mol. The van der Waals surface area contributed by atoms with Crippen LogP contribution in [-0.2, 0) is 11.2 Å². The fourth-order valence-corrected chi connectivity index (χ4v) is 2.80. The third-order valence-electron chi connectivity index (χ3n) is 3.42. The lowest BCUT2D eigenvalue weighted by Gasteiger charge is -2.14. The first-order valence-corrected chi connectivity index (χ1v) is 8.34. The van der Waals surface area contributed by atoms with Gasteiger partial charge in [0.2, 0.25) is 5.91 Å². The van der Waals surface area contributed by atoms with E-state index < -0.39 is 6.04 Å². The zero-order valence-corrected chi connectivity index (χ0v) is 15.0. The van der Waals surface area contributed by atoms with Gasteiger partial charge in [0.15, 0.2) is 0 Å².